The Bertz CT molecular complexity index is 516. The number of aryl methyl sites for hydroxylation is 1. The van der Waals surface area contributed by atoms with Gasteiger partial charge in [-0.25, -0.2) is 4.39 Å². The number of aliphatic hydroxyl groups excluding tert-OH is 1. The SMILES string of the molecule is Cc1cc(CN2C[C@@H](CN3CCCCC3)[C@@H](CO)C2)ccc1F. The molecular formula is C19H29FN2O. The lowest BCUT2D eigenvalue weighted by atomic mass is 9.95. The Kier molecular flexibility index (Phi) is 5.67. The van der Waals surface area contributed by atoms with Gasteiger partial charge < -0.3 is 10.0 Å². The van der Waals surface area contributed by atoms with E-state index < -0.39 is 0 Å². The fourth-order valence-corrected chi connectivity index (χ4v) is 4.12. The van der Waals surface area contributed by atoms with Crippen LogP contribution in [0.4, 0.5) is 4.39 Å². The minimum atomic E-state index is -0.133. The smallest absolute Gasteiger partial charge is 0.126 e. The average molecular weight is 320 g/mol. The Balaban J connectivity index is 1.58. The summed E-state index contributed by atoms with van der Waals surface area (Å²) in [6.07, 6.45) is 3.99. The number of nitrogens with zero attached hydrogens (tertiary/aromatic N) is 2. The van der Waals surface area contributed by atoms with Crippen LogP contribution in [-0.2, 0) is 6.54 Å². The molecule has 3 nitrogen and oxygen atoms in total. The highest BCUT2D eigenvalue weighted by Gasteiger charge is 2.33. The molecule has 0 amide bonds. The van der Waals surface area contributed by atoms with E-state index in [2.05, 4.69) is 9.80 Å². The Hall–Kier alpha value is -0.970. The van der Waals surface area contributed by atoms with Crippen LogP contribution in [0.15, 0.2) is 18.2 Å². The van der Waals surface area contributed by atoms with Crippen molar-refractivity contribution < 1.29 is 9.50 Å². The van der Waals surface area contributed by atoms with Crippen molar-refractivity contribution in [3.8, 4) is 0 Å². The van der Waals surface area contributed by atoms with E-state index in [0.29, 0.717) is 17.4 Å². The zero-order chi connectivity index (χ0) is 16.2. The third-order valence-electron chi connectivity index (χ3n) is 5.46. The van der Waals surface area contributed by atoms with E-state index in [1.165, 1.54) is 37.9 Å². The molecule has 1 aromatic rings. The van der Waals surface area contributed by atoms with Crippen molar-refractivity contribution in [1.82, 2.24) is 9.80 Å². The van der Waals surface area contributed by atoms with Gasteiger partial charge in [0.25, 0.3) is 0 Å². The molecular weight excluding hydrogens is 291 g/mol. The fourth-order valence-electron chi connectivity index (χ4n) is 4.12. The summed E-state index contributed by atoms with van der Waals surface area (Å²) in [5.74, 6) is 0.796. The highest BCUT2D eigenvalue weighted by molar-refractivity contribution is 5.24. The Morgan fingerprint density at radius 1 is 1.09 bits per heavy atom. The molecule has 2 aliphatic heterocycles. The highest BCUT2D eigenvalue weighted by Crippen LogP contribution is 2.27. The monoisotopic (exact) mass is 320 g/mol. The van der Waals surface area contributed by atoms with Crippen molar-refractivity contribution in [2.75, 3.05) is 39.3 Å². The lowest BCUT2D eigenvalue weighted by molar-refractivity contribution is 0.149. The minimum Gasteiger partial charge on any atom is -0.396 e. The molecule has 23 heavy (non-hydrogen) atoms. The standard InChI is InChI=1S/C19H29FN2O/c1-15-9-16(5-6-19(15)20)10-22-12-17(18(13-22)14-23)11-21-7-3-2-4-8-21/h5-6,9,17-18,23H,2-4,7-8,10-14H2,1H3/t17-,18-/m1/s1. The summed E-state index contributed by atoms with van der Waals surface area (Å²) in [5.41, 5.74) is 1.88. The Morgan fingerprint density at radius 2 is 1.83 bits per heavy atom. The summed E-state index contributed by atoms with van der Waals surface area (Å²) in [6.45, 7) is 8.48. The maximum Gasteiger partial charge on any atom is 0.126 e. The normalized spacial score (nSPS) is 26.7. The van der Waals surface area contributed by atoms with E-state index in [4.69, 9.17) is 0 Å². The number of hydrogen-bond donors (Lipinski definition) is 1. The minimum absolute atomic E-state index is 0.133. The number of halogens is 1. The topological polar surface area (TPSA) is 26.7 Å². The molecule has 2 saturated heterocycles. The van der Waals surface area contributed by atoms with Gasteiger partial charge in [0.2, 0.25) is 0 Å². The van der Waals surface area contributed by atoms with Crippen LogP contribution >= 0.6 is 0 Å². The van der Waals surface area contributed by atoms with Gasteiger partial charge >= 0.3 is 0 Å². The summed E-state index contributed by atoms with van der Waals surface area (Å²) in [7, 11) is 0. The van der Waals surface area contributed by atoms with Crippen molar-refractivity contribution >= 4 is 0 Å². The van der Waals surface area contributed by atoms with Crippen LogP contribution in [0, 0.1) is 24.6 Å². The van der Waals surface area contributed by atoms with Crippen LogP contribution in [-0.4, -0.2) is 54.2 Å². The molecule has 0 aliphatic carbocycles. The van der Waals surface area contributed by atoms with Crippen molar-refractivity contribution in [3.63, 3.8) is 0 Å². The van der Waals surface area contributed by atoms with E-state index in [1.807, 2.05) is 19.1 Å². The number of aliphatic hydroxyl groups is 1. The van der Waals surface area contributed by atoms with Crippen LogP contribution in [0.5, 0.6) is 0 Å². The number of rotatable bonds is 5. The summed E-state index contributed by atoms with van der Waals surface area (Å²) in [4.78, 5) is 4.99. The van der Waals surface area contributed by atoms with Crippen LogP contribution in [0.25, 0.3) is 0 Å². The maximum absolute atomic E-state index is 13.4. The molecule has 0 spiro atoms. The predicted molar refractivity (Wildman–Crippen MR) is 90.8 cm³/mol. The first kappa shape index (κ1) is 16.9. The maximum atomic E-state index is 13.4. The molecule has 4 heteroatoms. The molecule has 2 heterocycles. The first-order chi connectivity index (χ1) is 11.2. The van der Waals surface area contributed by atoms with E-state index in [9.17, 15) is 9.50 Å². The average Bonchev–Trinajstić information content (AvgIpc) is 2.93. The zero-order valence-electron chi connectivity index (χ0n) is 14.2. The van der Waals surface area contributed by atoms with Crippen LogP contribution in [0.2, 0.25) is 0 Å². The van der Waals surface area contributed by atoms with E-state index >= 15 is 0 Å². The predicted octanol–water partition coefficient (Wildman–Crippen LogP) is 2.66. The Labute approximate surface area is 139 Å². The largest absolute Gasteiger partial charge is 0.396 e. The van der Waals surface area contributed by atoms with Gasteiger partial charge in [0, 0.05) is 32.8 Å². The molecule has 2 aliphatic rings. The van der Waals surface area contributed by atoms with Crippen LogP contribution in [0.1, 0.15) is 30.4 Å². The molecule has 0 saturated carbocycles. The Morgan fingerprint density at radius 3 is 2.52 bits per heavy atom. The van der Waals surface area contributed by atoms with Gasteiger partial charge in [-0.15, -0.1) is 0 Å². The molecule has 1 N–H and O–H groups in total. The second-order valence-electron chi connectivity index (χ2n) is 7.34. The third-order valence-corrected chi connectivity index (χ3v) is 5.46. The molecule has 0 unspecified atom stereocenters. The number of hydrogen-bond acceptors (Lipinski definition) is 3. The van der Waals surface area contributed by atoms with Crippen molar-refractivity contribution in [2.45, 2.75) is 32.7 Å². The summed E-state index contributed by atoms with van der Waals surface area (Å²) >= 11 is 0. The first-order valence-electron chi connectivity index (χ1n) is 8.96. The van der Waals surface area contributed by atoms with Gasteiger partial charge in [-0.05, 0) is 61.9 Å². The third kappa shape index (κ3) is 4.31. The summed E-state index contributed by atoms with van der Waals surface area (Å²) < 4.78 is 13.4. The molecule has 2 atom stereocenters. The van der Waals surface area contributed by atoms with Crippen molar-refractivity contribution in [3.05, 3.63) is 35.1 Å². The molecule has 0 radical (unpaired) electrons. The second-order valence-corrected chi connectivity index (χ2v) is 7.34. The number of likely N-dealkylation sites (tertiary alicyclic amines) is 2. The quantitative estimate of drug-likeness (QED) is 0.903. The lowest BCUT2D eigenvalue weighted by Gasteiger charge is -2.30. The van der Waals surface area contributed by atoms with Gasteiger partial charge in [-0.2, -0.15) is 0 Å². The van der Waals surface area contributed by atoms with Gasteiger partial charge in [0.1, 0.15) is 5.82 Å². The van der Waals surface area contributed by atoms with Gasteiger partial charge in [0.15, 0.2) is 0 Å². The first-order valence-corrected chi connectivity index (χ1v) is 8.96. The molecule has 0 aromatic heterocycles. The van der Waals surface area contributed by atoms with Gasteiger partial charge in [0.05, 0.1) is 0 Å². The van der Waals surface area contributed by atoms with Crippen LogP contribution in [0.3, 0.4) is 0 Å². The second kappa shape index (κ2) is 7.73. The summed E-state index contributed by atoms with van der Waals surface area (Å²) in [5, 5.41) is 9.74. The summed E-state index contributed by atoms with van der Waals surface area (Å²) in [6, 6.07) is 5.39. The van der Waals surface area contributed by atoms with Crippen LogP contribution < -0.4 is 0 Å². The van der Waals surface area contributed by atoms with Gasteiger partial charge in [-0.3, -0.25) is 4.90 Å². The van der Waals surface area contributed by atoms with E-state index in [-0.39, 0.29) is 12.4 Å². The fraction of sp³-hybridized carbons (Fsp3) is 0.684. The molecule has 128 valence electrons. The van der Waals surface area contributed by atoms with Crippen molar-refractivity contribution in [2.24, 2.45) is 11.8 Å². The molecule has 0 bridgehead atoms. The molecule has 3 rings (SSSR count). The van der Waals surface area contributed by atoms with E-state index in [0.717, 1.165) is 26.2 Å². The van der Waals surface area contributed by atoms with E-state index in [1.54, 1.807) is 6.07 Å². The number of benzene rings is 1. The lowest BCUT2D eigenvalue weighted by Crippen LogP contribution is -2.37. The molecule has 1 aromatic carbocycles. The zero-order valence-corrected chi connectivity index (χ0v) is 14.2. The van der Waals surface area contributed by atoms with Gasteiger partial charge in [-0.1, -0.05) is 18.6 Å². The molecule has 2 fully saturated rings. The number of piperidine rings is 1. The van der Waals surface area contributed by atoms with Crippen molar-refractivity contribution in [1.29, 1.82) is 0 Å². The highest BCUT2D eigenvalue weighted by atomic mass is 19.1.